The van der Waals surface area contributed by atoms with Crippen molar-refractivity contribution in [3.8, 4) is 5.88 Å². The summed E-state index contributed by atoms with van der Waals surface area (Å²) in [6.07, 6.45) is 0.371. The Labute approximate surface area is 249 Å². The number of carbonyl (C=O) groups is 2. The highest BCUT2D eigenvalue weighted by molar-refractivity contribution is 6.06. The van der Waals surface area contributed by atoms with Gasteiger partial charge in [0.25, 0.3) is 11.5 Å². The summed E-state index contributed by atoms with van der Waals surface area (Å²) in [6.45, 7) is 7.51. The van der Waals surface area contributed by atoms with Crippen molar-refractivity contribution < 1.29 is 24.2 Å². The van der Waals surface area contributed by atoms with Gasteiger partial charge < -0.3 is 30.2 Å². The van der Waals surface area contributed by atoms with Crippen molar-refractivity contribution in [2.75, 3.05) is 19.0 Å². The number of hydrogen-bond acceptors (Lipinski definition) is 8. The predicted octanol–water partition coefficient (Wildman–Crippen LogP) is 4.73. The van der Waals surface area contributed by atoms with Crippen molar-refractivity contribution in [2.45, 2.75) is 52.0 Å². The fourth-order valence-corrected chi connectivity index (χ4v) is 4.45. The molecule has 11 nitrogen and oxygen atoms in total. The molecule has 0 bridgehead atoms. The minimum atomic E-state index is -1.10. The number of methoxy groups -OCH3 is 1. The molecule has 2 heterocycles. The van der Waals surface area contributed by atoms with E-state index < -0.39 is 29.4 Å². The van der Waals surface area contributed by atoms with Gasteiger partial charge in [0, 0.05) is 35.9 Å². The first-order valence-corrected chi connectivity index (χ1v) is 13.9. The minimum Gasteiger partial charge on any atom is -0.481 e. The van der Waals surface area contributed by atoms with E-state index in [4.69, 9.17) is 9.47 Å². The third kappa shape index (κ3) is 8.40. The monoisotopic (exact) mass is 587 g/mol. The number of aliphatic hydroxyl groups excluding tert-OH is 1. The number of ether oxygens (including phenoxy) is 2. The van der Waals surface area contributed by atoms with Gasteiger partial charge in [-0.1, -0.05) is 42.5 Å². The summed E-state index contributed by atoms with van der Waals surface area (Å²) in [5, 5.41) is 20.5. The van der Waals surface area contributed by atoms with Crippen molar-refractivity contribution in [1.29, 1.82) is 0 Å². The summed E-state index contributed by atoms with van der Waals surface area (Å²) >= 11 is 0. The van der Waals surface area contributed by atoms with E-state index in [1.54, 1.807) is 45.0 Å². The number of aryl methyl sites for hydroxylation is 1. The highest BCUT2D eigenvalue weighted by atomic mass is 16.6. The molecule has 226 valence electrons. The first-order chi connectivity index (χ1) is 20.4. The molecule has 2 unspecified atom stereocenters. The molecule has 0 spiro atoms. The summed E-state index contributed by atoms with van der Waals surface area (Å²) in [5.74, 6) is -0.259. The maximum atomic E-state index is 13.2. The number of anilines is 1. The predicted molar refractivity (Wildman–Crippen MR) is 164 cm³/mol. The number of aromatic nitrogens is 2. The van der Waals surface area contributed by atoms with Crippen LogP contribution in [0.4, 0.5) is 10.5 Å². The third-order valence-corrected chi connectivity index (χ3v) is 6.64. The SMILES string of the molecule is COc1cc2[nH]c(=O)c(C(=O)Nc3cc(C(O)NC(CCNC(=O)OC(C)(C)C)c4ccccc4)ccc3C)cc2cn1. The van der Waals surface area contributed by atoms with E-state index in [0.29, 0.717) is 41.0 Å². The summed E-state index contributed by atoms with van der Waals surface area (Å²) in [7, 11) is 1.47. The Morgan fingerprint density at radius 3 is 2.49 bits per heavy atom. The van der Waals surface area contributed by atoms with E-state index in [1.807, 2.05) is 37.3 Å². The topological polar surface area (TPSA) is 155 Å². The van der Waals surface area contributed by atoms with Gasteiger partial charge in [-0.25, -0.2) is 9.78 Å². The average Bonchev–Trinajstić information content (AvgIpc) is 2.96. The van der Waals surface area contributed by atoms with Crippen LogP contribution in [-0.2, 0) is 4.74 Å². The first-order valence-electron chi connectivity index (χ1n) is 13.9. The number of nitrogens with zero attached hydrogens (tertiary/aromatic N) is 1. The largest absolute Gasteiger partial charge is 0.481 e. The zero-order valence-corrected chi connectivity index (χ0v) is 24.9. The molecule has 43 heavy (non-hydrogen) atoms. The van der Waals surface area contributed by atoms with Crippen LogP contribution in [0, 0.1) is 6.92 Å². The summed E-state index contributed by atoms with van der Waals surface area (Å²) in [4.78, 5) is 44.8. The second-order valence-electron chi connectivity index (χ2n) is 11.1. The molecule has 4 aromatic rings. The molecule has 0 aliphatic rings. The van der Waals surface area contributed by atoms with Gasteiger partial charge in [-0.05, 0) is 62.9 Å². The molecule has 4 rings (SSSR count). The Kier molecular flexibility index (Phi) is 9.79. The third-order valence-electron chi connectivity index (χ3n) is 6.64. The van der Waals surface area contributed by atoms with E-state index in [9.17, 15) is 19.5 Å². The number of aliphatic hydroxyl groups is 1. The van der Waals surface area contributed by atoms with Crippen molar-refractivity contribution >= 4 is 28.6 Å². The quantitative estimate of drug-likeness (QED) is 0.167. The number of aromatic amines is 1. The molecule has 2 amide bonds. The number of rotatable bonds is 10. The number of amides is 2. The van der Waals surface area contributed by atoms with Crippen LogP contribution in [-0.4, -0.2) is 46.3 Å². The molecule has 0 aliphatic carbocycles. The Bertz CT molecular complexity index is 1650. The Morgan fingerprint density at radius 2 is 1.79 bits per heavy atom. The maximum Gasteiger partial charge on any atom is 0.407 e. The number of H-pyrrole nitrogens is 1. The van der Waals surface area contributed by atoms with E-state index in [0.717, 1.165) is 11.1 Å². The molecule has 11 heteroatoms. The van der Waals surface area contributed by atoms with E-state index in [2.05, 4.69) is 25.9 Å². The zero-order valence-electron chi connectivity index (χ0n) is 24.9. The van der Waals surface area contributed by atoms with Gasteiger partial charge in [-0.3, -0.25) is 14.9 Å². The van der Waals surface area contributed by atoms with Gasteiger partial charge in [0.1, 0.15) is 17.4 Å². The average molecular weight is 588 g/mol. The van der Waals surface area contributed by atoms with Crippen molar-refractivity contribution in [1.82, 2.24) is 20.6 Å². The van der Waals surface area contributed by atoms with E-state index in [-0.39, 0.29) is 11.6 Å². The fourth-order valence-electron chi connectivity index (χ4n) is 4.45. The number of hydrogen-bond donors (Lipinski definition) is 5. The van der Waals surface area contributed by atoms with Gasteiger partial charge in [0.15, 0.2) is 0 Å². The Morgan fingerprint density at radius 1 is 1.05 bits per heavy atom. The van der Waals surface area contributed by atoms with E-state index >= 15 is 0 Å². The minimum absolute atomic E-state index is 0.0791. The molecule has 2 aromatic carbocycles. The lowest BCUT2D eigenvalue weighted by Crippen LogP contribution is -2.35. The second-order valence-corrected chi connectivity index (χ2v) is 11.1. The number of fused-ring (bicyclic) bond motifs is 1. The van der Waals surface area contributed by atoms with Crippen LogP contribution in [0.15, 0.2) is 71.7 Å². The highest BCUT2D eigenvalue weighted by Crippen LogP contribution is 2.25. The normalized spacial score (nSPS) is 12.8. The van der Waals surface area contributed by atoms with Crippen LogP contribution >= 0.6 is 0 Å². The first kappa shape index (κ1) is 31.2. The lowest BCUT2D eigenvalue weighted by molar-refractivity contribution is 0.0523. The molecule has 0 saturated carbocycles. The highest BCUT2D eigenvalue weighted by Gasteiger charge is 2.20. The number of pyridine rings is 2. The molecule has 2 aromatic heterocycles. The van der Waals surface area contributed by atoms with Crippen LogP contribution in [0.25, 0.3) is 10.9 Å². The summed E-state index contributed by atoms with van der Waals surface area (Å²) < 4.78 is 10.4. The van der Waals surface area contributed by atoms with Gasteiger partial charge in [0.05, 0.1) is 12.6 Å². The summed E-state index contributed by atoms with van der Waals surface area (Å²) in [5.41, 5.74) is 1.87. The Hall–Kier alpha value is -4.74. The molecule has 2 atom stereocenters. The second kappa shape index (κ2) is 13.5. The fraction of sp³-hybridized carbons (Fsp3) is 0.312. The van der Waals surface area contributed by atoms with Crippen molar-refractivity contribution in [2.24, 2.45) is 0 Å². The lowest BCUT2D eigenvalue weighted by Gasteiger charge is -2.25. The molecule has 0 saturated heterocycles. The zero-order chi connectivity index (χ0) is 31.1. The van der Waals surface area contributed by atoms with Crippen molar-refractivity contribution in [3.05, 3.63) is 99.5 Å². The van der Waals surface area contributed by atoms with Crippen LogP contribution in [0.5, 0.6) is 5.88 Å². The van der Waals surface area contributed by atoms with Gasteiger partial charge in [-0.2, -0.15) is 0 Å². The van der Waals surface area contributed by atoms with Gasteiger partial charge in [0.2, 0.25) is 5.88 Å². The molecule has 0 radical (unpaired) electrons. The standard InChI is InChI=1S/C32H37N5O6/c1-19-11-12-21(16-25(19)36-29(39)23-15-22-18-34-27(42-5)17-26(22)37-30(23)40)28(38)35-24(20-9-7-6-8-10-20)13-14-33-31(41)43-32(2,3)4/h6-12,15-18,24,28,35,38H,13-14H2,1-5H3,(H,33,41)(H,36,39)(H,37,40). The van der Waals surface area contributed by atoms with E-state index in [1.165, 1.54) is 19.4 Å². The number of benzene rings is 2. The van der Waals surface area contributed by atoms with Crippen molar-refractivity contribution in [3.63, 3.8) is 0 Å². The molecule has 5 N–H and O–H groups in total. The summed E-state index contributed by atoms with van der Waals surface area (Å²) in [6, 6.07) is 17.5. The van der Waals surface area contributed by atoms with Crippen LogP contribution in [0.3, 0.4) is 0 Å². The molecule has 0 fully saturated rings. The van der Waals surface area contributed by atoms with Crippen LogP contribution < -0.4 is 26.2 Å². The number of alkyl carbamates (subject to hydrolysis) is 1. The lowest BCUT2D eigenvalue weighted by atomic mass is 10.0. The molecule has 0 aliphatic heterocycles. The van der Waals surface area contributed by atoms with Crippen LogP contribution in [0.1, 0.15) is 66.5 Å². The molecular formula is C32H37N5O6. The molecular weight excluding hydrogens is 550 g/mol. The van der Waals surface area contributed by atoms with Crippen LogP contribution in [0.2, 0.25) is 0 Å². The maximum absolute atomic E-state index is 13.2. The van der Waals surface area contributed by atoms with Gasteiger partial charge >= 0.3 is 6.09 Å². The Balaban J connectivity index is 1.49. The smallest absolute Gasteiger partial charge is 0.407 e. The number of nitrogens with one attached hydrogen (secondary N) is 4. The number of carbonyl (C=O) groups excluding carboxylic acids is 2. The van der Waals surface area contributed by atoms with Gasteiger partial charge in [-0.15, -0.1) is 0 Å².